The van der Waals surface area contributed by atoms with Crippen LogP contribution < -0.4 is 0 Å². The van der Waals surface area contributed by atoms with Crippen molar-refractivity contribution in [1.29, 1.82) is 0 Å². The summed E-state index contributed by atoms with van der Waals surface area (Å²) in [6.07, 6.45) is 6.57. The molecule has 0 saturated heterocycles. The molecule has 1 aromatic rings. The Labute approximate surface area is 119 Å². The smallest absolute Gasteiger partial charge is 0.159 e. The van der Waals surface area contributed by atoms with E-state index in [0.29, 0.717) is 5.92 Å². The van der Waals surface area contributed by atoms with Gasteiger partial charge in [-0.1, -0.05) is 25.8 Å². The topological polar surface area (TPSA) is 0 Å². The van der Waals surface area contributed by atoms with Gasteiger partial charge in [0.05, 0.1) is 0 Å². The van der Waals surface area contributed by atoms with Crippen molar-refractivity contribution in [3.63, 3.8) is 0 Å². The van der Waals surface area contributed by atoms with Crippen LogP contribution in [0.4, 0.5) is 8.78 Å². The highest BCUT2D eigenvalue weighted by molar-refractivity contribution is 6.20. The van der Waals surface area contributed by atoms with Crippen LogP contribution in [0.15, 0.2) is 18.2 Å². The molecule has 0 aliphatic heterocycles. The Morgan fingerprint density at radius 1 is 1.21 bits per heavy atom. The zero-order valence-corrected chi connectivity index (χ0v) is 12.1. The Hall–Kier alpha value is -0.630. The van der Waals surface area contributed by atoms with Crippen LogP contribution in [0.25, 0.3) is 0 Å². The highest BCUT2D eigenvalue weighted by Gasteiger charge is 2.28. The average Bonchev–Trinajstić information content (AvgIpc) is 2.38. The normalized spacial score (nSPS) is 27.5. The monoisotopic (exact) mass is 286 g/mol. The molecule has 1 aromatic carbocycles. The largest absolute Gasteiger partial charge is 0.204 e. The van der Waals surface area contributed by atoms with Crippen molar-refractivity contribution in [3.8, 4) is 0 Å². The molecule has 3 atom stereocenters. The summed E-state index contributed by atoms with van der Waals surface area (Å²) in [7, 11) is 0. The molecule has 1 aliphatic carbocycles. The average molecular weight is 287 g/mol. The third-order valence-electron chi connectivity index (χ3n) is 4.18. The summed E-state index contributed by atoms with van der Waals surface area (Å²) < 4.78 is 26.1. The lowest BCUT2D eigenvalue weighted by molar-refractivity contribution is 0.257. The molecule has 2 rings (SSSR count). The molecule has 1 aliphatic rings. The minimum absolute atomic E-state index is 0.168. The molecule has 0 nitrogen and oxygen atoms in total. The van der Waals surface area contributed by atoms with Gasteiger partial charge in [0, 0.05) is 5.38 Å². The quantitative estimate of drug-likeness (QED) is 0.656. The molecular formula is C16H21ClF2. The van der Waals surface area contributed by atoms with E-state index in [1.165, 1.54) is 31.4 Å². The second-order valence-electron chi connectivity index (χ2n) is 5.70. The van der Waals surface area contributed by atoms with E-state index >= 15 is 0 Å². The first-order valence-electron chi connectivity index (χ1n) is 7.18. The molecule has 1 fully saturated rings. The summed E-state index contributed by atoms with van der Waals surface area (Å²) in [5.41, 5.74) is 0.853. The van der Waals surface area contributed by atoms with Gasteiger partial charge in [0.2, 0.25) is 0 Å². The van der Waals surface area contributed by atoms with Crippen LogP contribution in [0.2, 0.25) is 0 Å². The Morgan fingerprint density at radius 2 is 2.00 bits per heavy atom. The Morgan fingerprint density at radius 3 is 2.68 bits per heavy atom. The van der Waals surface area contributed by atoms with Crippen LogP contribution in [-0.2, 0) is 6.42 Å². The van der Waals surface area contributed by atoms with E-state index in [-0.39, 0.29) is 5.38 Å². The molecule has 3 heteroatoms. The van der Waals surface area contributed by atoms with Crippen molar-refractivity contribution in [2.75, 3.05) is 0 Å². The molecule has 19 heavy (non-hydrogen) atoms. The molecule has 0 radical (unpaired) electrons. The van der Waals surface area contributed by atoms with E-state index in [9.17, 15) is 8.78 Å². The number of halogens is 3. The van der Waals surface area contributed by atoms with E-state index in [1.54, 1.807) is 6.07 Å². The van der Waals surface area contributed by atoms with E-state index in [1.807, 2.05) is 0 Å². The molecule has 1 saturated carbocycles. The molecule has 106 valence electrons. The lowest BCUT2D eigenvalue weighted by Gasteiger charge is -2.33. The summed E-state index contributed by atoms with van der Waals surface area (Å²) >= 11 is 6.40. The Balaban J connectivity index is 2.01. The van der Waals surface area contributed by atoms with Crippen molar-refractivity contribution in [3.05, 3.63) is 35.4 Å². The maximum Gasteiger partial charge on any atom is 0.159 e. The molecule has 0 aromatic heterocycles. The van der Waals surface area contributed by atoms with Crippen molar-refractivity contribution in [2.24, 2.45) is 11.8 Å². The predicted octanol–water partition coefficient (Wildman–Crippen LogP) is 5.33. The van der Waals surface area contributed by atoms with Crippen LogP contribution in [0, 0.1) is 23.5 Å². The summed E-state index contributed by atoms with van der Waals surface area (Å²) in [5, 5.41) is 0.168. The SMILES string of the molecule is CCCC1CCC(Cl)C(Cc2ccc(F)c(F)c2)C1. The highest BCUT2D eigenvalue weighted by Crippen LogP contribution is 2.36. The van der Waals surface area contributed by atoms with Gasteiger partial charge in [-0.05, 0) is 55.2 Å². The van der Waals surface area contributed by atoms with Gasteiger partial charge in [0.25, 0.3) is 0 Å². The van der Waals surface area contributed by atoms with Gasteiger partial charge in [-0.25, -0.2) is 8.78 Å². The summed E-state index contributed by atoms with van der Waals surface area (Å²) in [6, 6.07) is 4.19. The molecular weight excluding hydrogens is 266 g/mol. The lowest BCUT2D eigenvalue weighted by atomic mass is 9.76. The first kappa shape index (κ1) is 14.8. The summed E-state index contributed by atoms with van der Waals surface area (Å²) in [5.74, 6) is -0.407. The van der Waals surface area contributed by atoms with E-state index in [4.69, 9.17) is 11.6 Å². The maximum absolute atomic E-state index is 13.2. The Bertz CT molecular complexity index is 419. The van der Waals surface area contributed by atoms with Gasteiger partial charge < -0.3 is 0 Å². The van der Waals surface area contributed by atoms with Crippen LogP contribution in [0.5, 0.6) is 0 Å². The molecule has 0 amide bonds. The van der Waals surface area contributed by atoms with Crippen molar-refractivity contribution in [2.45, 2.75) is 50.8 Å². The van der Waals surface area contributed by atoms with Crippen molar-refractivity contribution in [1.82, 2.24) is 0 Å². The fourth-order valence-electron chi connectivity index (χ4n) is 3.18. The van der Waals surface area contributed by atoms with Crippen LogP contribution in [0.3, 0.4) is 0 Å². The standard InChI is InChI=1S/C16H21ClF2/c1-2-3-11-4-6-14(17)13(8-11)9-12-5-7-15(18)16(19)10-12/h5,7,10-11,13-14H,2-4,6,8-9H2,1H3. The van der Waals surface area contributed by atoms with Crippen LogP contribution >= 0.6 is 11.6 Å². The van der Waals surface area contributed by atoms with E-state index in [2.05, 4.69) is 6.92 Å². The number of hydrogen-bond acceptors (Lipinski definition) is 0. The second-order valence-corrected chi connectivity index (χ2v) is 6.26. The minimum atomic E-state index is -0.779. The van der Waals surface area contributed by atoms with E-state index < -0.39 is 11.6 Å². The minimum Gasteiger partial charge on any atom is -0.204 e. The van der Waals surface area contributed by atoms with Gasteiger partial charge in [-0.15, -0.1) is 11.6 Å². The van der Waals surface area contributed by atoms with Gasteiger partial charge in [-0.3, -0.25) is 0 Å². The second kappa shape index (κ2) is 6.69. The molecule has 3 unspecified atom stereocenters. The predicted molar refractivity (Wildman–Crippen MR) is 75.4 cm³/mol. The fraction of sp³-hybridized carbons (Fsp3) is 0.625. The third-order valence-corrected chi connectivity index (χ3v) is 4.75. The van der Waals surface area contributed by atoms with E-state index in [0.717, 1.165) is 30.7 Å². The molecule has 0 spiro atoms. The van der Waals surface area contributed by atoms with Gasteiger partial charge in [0.15, 0.2) is 11.6 Å². The van der Waals surface area contributed by atoms with Crippen molar-refractivity contribution < 1.29 is 8.78 Å². The molecule has 0 N–H and O–H groups in total. The molecule has 0 heterocycles. The van der Waals surface area contributed by atoms with Gasteiger partial charge >= 0.3 is 0 Å². The number of rotatable bonds is 4. The first-order valence-corrected chi connectivity index (χ1v) is 7.61. The third kappa shape index (κ3) is 3.92. The lowest BCUT2D eigenvalue weighted by Crippen LogP contribution is -2.27. The number of benzene rings is 1. The zero-order chi connectivity index (χ0) is 13.8. The van der Waals surface area contributed by atoms with Crippen LogP contribution in [-0.4, -0.2) is 5.38 Å². The Kier molecular flexibility index (Phi) is 5.20. The number of hydrogen-bond donors (Lipinski definition) is 0. The van der Waals surface area contributed by atoms with Crippen LogP contribution in [0.1, 0.15) is 44.6 Å². The van der Waals surface area contributed by atoms with Crippen molar-refractivity contribution >= 4 is 11.6 Å². The van der Waals surface area contributed by atoms with Gasteiger partial charge in [-0.2, -0.15) is 0 Å². The van der Waals surface area contributed by atoms with Gasteiger partial charge in [0.1, 0.15) is 0 Å². The molecule has 0 bridgehead atoms. The maximum atomic E-state index is 13.2. The highest BCUT2D eigenvalue weighted by atomic mass is 35.5. The zero-order valence-electron chi connectivity index (χ0n) is 11.3. The number of alkyl halides is 1. The summed E-state index contributed by atoms with van der Waals surface area (Å²) in [4.78, 5) is 0. The fourth-order valence-corrected chi connectivity index (χ4v) is 3.49. The summed E-state index contributed by atoms with van der Waals surface area (Å²) in [6.45, 7) is 2.21. The first-order chi connectivity index (χ1) is 9.10.